The SMILES string of the molecule is C[NH+](CCCNC(=O)c1ccc2c(c1)N(Cc1cccc(Cl)c1)C(=O)c1ccccc1S2=O)C1CCCCC1. The molecule has 2 atom stereocenters. The first-order valence-corrected chi connectivity index (χ1v) is 15.3. The van der Waals surface area contributed by atoms with E-state index in [0.29, 0.717) is 38.2 Å². The van der Waals surface area contributed by atoms with Crippen LogP contribution < -0.4 is 15.1 Å². The number of carbonyl (C=O) groups is 2. The highest BCUT2D eigenvalue weighted by Crippen LogP contribution is 2.36. The molecular weight excluding hydrogens is 530 g/mol. The molecule has 204 valence electrons. The van der Waals surface area contributed by atoms with Crippen LogP contribution in [-0.2, 0) is 17.3 Å². The Balaban J connectivity index is 1.36. The van der Waals surface area contributed by atoms with Crippen molar-refractivity contribution in [3.63, 3.8) is 0 Å². The first-order chi connectivity index (χ1) is 18.9. The quantitative estimate of drug-likeness (QED) is 0.392. The monoisotopic (exact) mass is 564 g/mol. The molecule has 1 aliphatic carbocycles. The summed E-state index contributed by atoms with van der Waals surface area (Å²) in [6, 6.07) is 20.1. The minimum Gasteiger partial charge on any atom is -0.352 e. The van der Waals surface area contributed by atoms with Crippen molar-refractivity contribution in [3.8, 4) is 0 Å². The lowest BCUT2D eigenvalue weighted by Gasteiger charge is -2.28. The molecule has 8 heteroatoms. The summed E-state index contributed by atoms with van der Waals surface area (Å²) in [7, 11) is 0.687. The fraction of sp³-hybridized carbons (Fsp3) is 0.355. The van der Waals surface area contributed by atoms with Gasteiger partial charge < -0.3 is 15.1 Å². The maximum absolute atomic E-state index is 13.8. The number of fused-ring (bicyclic) bond motifs is 2. The fourth-order valence-corrected chi connectivity index (χ4v) is 7.21. The number of carbonyl (C=O) groups excluding carboxylic acids is 2. The van der Waals surface area contributed by atoms with Crippen molar-refractivity contribution in [2.24, 2.45) is 0 Å². The smallest absolute Gasteiger partial charge is 0.259 e. The standard InChI is InChI=1S/C31H34ClN3O3S/c1-34(25-11-3-2-4-12-25)18-8-17-33-30(36)23-15-16-29-27(20-23)35(21-22-9-7-10-24(32)19-22)31(37)26-13-5-6-14-28(26)39(29)38/h5-7,9-10,13-16,19-20,25H,2-4,8,11-12,17-18,21H2,1H3,(H,33,36)/p+1. The Morgan fingerprint density at radius 2 is 1.82 bits per heavy atom. The maximum atomic E-state index is 13.8. The highest BCUT2D eigenvalue weighted by molar-refractivity contribution is 7.85. The van der Waals surface area contributed by atoms with Crippen molar-refractivity contribution in [2.45, 2.75) is 60.9 Å². The van der Waals surface area contributed by atoms with Crippen LogP contribution in [0.15, 0.2) is 76.5 Å². The molecule has 1 heterocycles. The number of hydrogen-bond acceptors (Lipinski definition) is 3. The summed E-state index contributed by atoms with van der Waals surface area (Å²) in [4.78, 5) is 31.0. The summed E-state index contributed by atoms with van der Waals surface area (Å²) in [5.74, 6) is -0.459. The van der Waals surface area contributed by atoms with E-state index >= 15 is 0 Å². The summed E-state index contributed by atoms with van der Waals surface area (Å²) in [5.41, 5.74) is 2.15. The molecule has 2 amide bonds. The number of anilines is 1. The minimum absolute atomic E-state index is 0.198. The molecule has 2 aliphatic rings. The lowest BCUT2D eigenvalue weighted by atomic mass is 9.94. The predicted octanol–water partition coefficient (Wildman–Crippen LogP) is 4.63. The van der Waals surface area contributed by atoms with Gasteiger partial charge in [0.2, 0.25) is 0 Å². The van der Waals surface area contributed by atoms with Gasteiger partial charge in [0.15, 0.2) is 0 Å². The Bertz CT molecular complexity index is 1390. The maximum Gasteiger partial charge on any atom is 0.259 e. The van der Waals surface area contributed by atoms with Gasteiger partial charge in [-0.15, -0.1) is 0 Å². The number of quaternary nitrogens is 1. The van der Waals surface area contributed by atoms with Crippen LogP contribution in [0.3, 0.4) is 0 Å². The zero-order chi connectivity index (χ0) is 27.4. The molecule has 1 saturated carbocycles. The first-order valence-electron chi connectivity index (χ1n) is 13.7. The van der Waals surface area contributed by atoms with E-state index in [1.807, 2.05) is 18.2 Å². The summed E-state index contributed by atoms with van der Waals surface area (Å²) in [6.07, 6.45) is 7.49. The Morgan fingerprint density at radius 3 is 2.62 bits per heavy atom. The molecule has 3 aromatic rings. The van der Waals surface area contributed by atoms with Crippen molar-refractivity contribution in [1.82, 2.24) is 5.32 Å². The van der Waals surface area contributed by atoms with Gasteiger partial charge in [0.1, 0.15) is 0 Å². The molecule has 0 radical (unpaired) electrons. The zero-order valence-corrected chi connectivity index (χ0v) is 23.8. The summed E-state index contributed by atoms with van der Waals surface area (Å²) in [6.45, 7) is 1.84. The van der Waals surface area contributed by atoms with Gasteiger partial charge in [-0.05, 0) is 73.7 Å². The Hall–Kier alpha value is -3.00. The summed E-state index contributed by atoms with van der Waals surface area (Å²) >= 11 is 6.22. The zero-order valence-electron chi connectivity index (χ0n) is 22.3. The number of benzene rings is 3. The van der Waals surface area contributed by atoms with Gasteiger partial charge in [0.05, 0.1) is 58.0 Å². The van der Waals surface area contributed by atoms with E-state index in [0.717, 1.165) is 24.6 Å². The van der Waals surface area contributed by atoms with Crippen LogP contribution in [0.1, 0.15) is 64.8 Å². The Morgan fingerprint density at radius 1 is 1.03 bits per heavy atom. The van der Waals surface area contributed by atoms with E-state index in [1.165, 1.54) is 32.1 Å². The average Bonchev–Trinajstić information content (AvgIpc) is 3.05. The van der Waals surface area contributed by atoms with Crippen LogP contribution in [-0.4, -0.2) is 42.2 Å². The number of rotatable bonds is 8. The van der Waals surface area contributed by atoms with Gasteiger partial charge in [-0.3, -0.25) is 9.59 Å². The molecule has 1 fully saturated rings. The molecule has 0 saturated heterocycles. The van der Waals surface area contributed by atoms with Crippen molar-refractivity contribution in [1.29, 1.82) is 0 Å². The lowest BCUT2D eigenvalue weighted by molar-refractivity contribution is -0.907. The van der Waals surface area contributed by atoms with E-state index < -0.39 is 10.8 Å². The molecule has 1 aliphatic heterocycles. The first kappa shape index (κ1) is 27.6. The van der Waals surface area contributed by atoms with E-state index in [-0.39, 0.29) is 18.4 Å². The largest absolute Gasteiger partial charge is 0.352 e. The fourth-order valence-electron chi connectivity index (χ4n) is 5.65. The van der Waals surface area contributed by atoms with E-state index in [4.69, 9.17) is 11.6 Å². The number of amides is 2. The second-order valence-corrected chi connectivity index (χ2v) is 12.4. The highest BCUT2D eigenvalue weighted by atomic mass is 35.5. The van der Waals surface area contributed by atoms with Crippen LogP contribution in [0.4, 0.5) is 5.69 Å². The van der Waals surface area contributed by atoms with Crippen LogP contribution in [0, 0.1) is 0 Å². The molecule has 2 unspecified atom stereocenters. The summed E-state index contributed by atoms with van der Waals surface area (Å²) in [5, 5.41) is 3.61. The van der Waals surface area contributed by atoms with E-state index in [1.54, 1.807) is 58.3 Å². The van der Waals surface area contributed by atoms with Crippen LogP contribution >= 0.6 is 11.6 Å². The Kier molecular flexibility index (Phi) is 8.80. The van der Waals surface area contributed by atoms with Gasteiger partial charge in [-0.1, -0.05) is 42.3 Å². The van der Waals surface area contributed by atoms with Crippen LogP contribution in [0.25, 0.3) is 0 Å². The summed E-state index contributed by atoms with van der Waals surface area (Å²) < 4.78 is 13.6. The van der Waals surface area contributed by atoms with E-state index in [9.17, 15) is 13.8 Å². The number of halogens is 1. The van der Waals surface area contributed by atoms with Gasteiger partial charge in [0, 0.05) is 23.6 Å². The second kappa shape index (κ2) is 12.5. The Labute approximate surface area is 237 Å². The van der Waals surface area contributed by atoms with Gasteiger partial charge in [-0.25, -0.2) is 4.21 Å². The molecule has 3 aromatic carbocycles. The molecule has 39 heavy (non-hydrogen) atoms. The van der Waals surface area contributed by atoms with Crippen molar-refractivity contribution >= 4 is 39.9 Å². The van der Waals surface area contributed by atoms with Gasteiger partial charge in [-0.2, -0.15) is 0 Å². The third kappa shape index (κ3) is 6.26. The topological polar surface area (TPSA) is 70.9 Å². The molecule has 5 rings (SSSR count). The van der Waals surface area contributed by atoms with Crippen molar-refractivity contribution in [2.75, 3.05) is 25.0 Å². The van der Waals surface area contributed by atoms with E-state index in [2.05, 4.69) is 12.4 Å². The molecule has 0 aromatic heterocycles. The normalized spacial score (nSPS) is 18.2. The number of nitrogens with zero attached hydrogens (tertiary/aromatic N) is 1. The van der Waals surface area contributed by atoms with Crippen molar-refractivity contribution < 1.29 is 18.7 Å². The molecular formula is C31H35ClN3O3S+. The third-order valence-electron chi connectivity index (χ3n) is 7.84. The lowest BCUT2D eigenvalue weighted by Crippen LogP contribution is -3.13. The molecule has 6 nitrogen and oxygen atoms in total. The minimum atomic E-state index is -1.57. The molecule has 2 N–H and O–H groups in total. The van der Waals surface area contributed by atoms with Crippen molar-refractivity contribution in [3.05, 3.63) is 88.4 Å². The second-order valence-electron chi connectivity index (χ2n) is 10.5. The highest BCUT2D eigenvalue weighted by Gasteiger charge is 2.31. The van der Waals surface area contributed by atoms with Gasteiger partial charge in [0.25, 0.3) is 11.8 Å². The molecule has 0 spiro atoms. The third-order valence-corrected chi connectivity index (χ3v) is 9.57. The van der Waals surface area contributed by atoms with Crippen LogP contribution in [0.5, 0.6) is 0 Å². The predicted molar refractivity (Wildman–Crippen MR) is 155 cm³/mol. The van der Waals surface area contributed by atoms with Crippen LogP contribution in [0.2, 0.25) is 5.02 Å². The number of hydrogen-bond donors (Lipinski definition) is 2. The van der Waals surface area contributed by atoms with Gasteiger partial charge >= 0.3 is 0 Å². The molecule has 0 bridgehead atoms. The number of nitrogens with one attached hydrogen (secondary N) is 2. The average molecular weight is 565 g/mol.